The third-order valence-corrected chi connectivity index (χ3v) is 7.12. The van der Waals surface area contributed by atoms with Gasteiger partial charge in [0.15, 0.2) is 0 Å². The quantitative estimate of drug-likeness (QED) is 0.454. The van der Waals surface area contributed by atoms with Gasteiger partial charge in [0.1, 0.15) is 12.3 Å². The molecule has 9 heteroatoms. The van der Waals surface area contributed by atoms with Gasteiger partial charge in [-0.2, -0.15) is 0 Å². The van der Waals surface area contributed by atoms with Crippen molar-refractivity contribution in [3.05, 3.63) is 78.6 Å². The molecule has 0 bridgehead atoms. The van der Waals surface area contributed by atoms with E-state index in [1.165, 1.54) is 11.8 Å². The van der Waals surface area contributed by atoms with E-state index < -0.39 is 15.9 Å². The summed E-state index contributed by atoms with van der Waals surface area (Å²) in [7, 11) is -4.02. The number of ether oxygens (including phenoxy) is 1. The fraction of sp³-hybridized carbons (Fsp3) is 0.217. The molecule has 0 aliphatic heterocycles. The van der Waals surface area contributed by atoms with Gasteiger partial charge in [-0.05, 0) is 67.3 Å². The first-order valence-electron chi connectivity index (χ1n) is 10.00. The molecule has 1 N–H and O–H groups in total. The molecule has 0 saturated carbocycles. The predicted molar refractivity (Wildman–Crippen MR) is 126 cm³/mol. The fourth-order valence-electron chi connectivity index (χ4n) is 3.00. The number of pyridine rings is 1. The Bertz CT molecular complexity index is 1140. The summed E-state index contributed by atoms with van der Waals surface area (Å²) in [6.07, 6.45) is 5.19. The lowest BCUT2D eigenvalue weighted by Crippen LogP contribution is -2.40. The van der Waals surface area contributed by atoms with Gasteiger partial charge < -0.3 is 10.1 Å². The van der Waals surface area contributed by atoms with E-state index in [4.69, 9.17) is 4.74 Å². The number of hydrogen-bond donors (Lipinski definition) is 1. The van der Waals surface area contributed by atoms with Crippen molar-refractivity contribution in [1.29, 1.82) is 0 Å². The molecule has 0 radical (unpaired) electrons. The van der Waals surface area contributed by atoms with Crippen LogP contribution in [0.15, 0.2) is 82.8 Å². The van der Waals surface area contributed by atoms with Gasteiger partial charge in [-0.15, -0.1) is 11.8 Å². The minimum absolute atomic E-state index is 0.100. The molecule has 0 fully saturated rings. The normalized spacial score (nSPS) is 11.1. The Morgan fingerprint density at radius 3 is 2.41 bits per heavy atom. The molecular formula is C23H25N3O4S2. The predicted octanol–water partition coefficient (Wildman–Crippen LogP) is 3.71. The number of benzene rings is 2. The van der Waals surface area contributed by atoms with Crippen LogP contribution in [0.25, 0.3) is 0 Å². The van der Waals surface area contributed by atoms with Crippen molar-refractivity contribution < 1.29 is 17.9 Å². The van der Waals surface area contributed by atoms with E-state index in [1.807, 2.05) is 13.2 Å². The zero-order valence-corrected chi connectivity index (χ0v) is 19.5. The van der Waals surface area contributed by atoms with Gasteiger partial charge in [0.25, 0.3) is 10.0 Å². The average molecular weight is 472 g/mol. The molecule has 1 aromatic heterocycles. The summed E-state index contributed by atoms with van der Waals surface area (Å²) in [4.78, 5) is 17.8. The van der Waals surface area contributed by atoms with E-state index in [9.17, 15) is 13.2 Å². The zero-order chi connectivity index (χ0) is 23.0. The summed E-state index contributed by atoms with van der Waals surface area (Å²) in [6.45, 7) is 2.06. The van der Waals surface area contributed by atoms with Crippen molar-refractivity contribution in [2.24, 2.45) is 0 Å². The van der Waals surface area contributed by atoms with Crippen LogP contribution in [0.3, 0.4) is 0 Å². The minimum atomic E-state index is -4.02. The highest BCUT2D eigenvalue weighted by molar-refractivity contribution is 7.98. The summed E-state index contributed by atoms with van der Waals surface area (Å²) < 4.78 is 33.9. The Kier molecular flexibility index (Phi) is 8.13. The number of anilines is 1. The number of hydrogen-bond acceptors (Lipinski definition) is 6. The third kappa shape index (κ3) is 5.80. The number of aromatic nitrogens is 1. The first kappa shape index (κ1) is 23.6. The van der Waals surface area contributed by atoms with Crippen LogP contribution in [0, 0.1) is 0 Å². The maximum absolute atomic E-state index is 13.6. The second-order valence-electron chi connectivity index (χ2n) is 6.72. The summed E-state index contributed by atoms with van der Waals surface area (Å²) >= 11 is 1.52. The van der Waals surface area contributed by atoms with Gasteiger partial charge in [0.05, 0.1) is 17.2 Å². The van der Waals surface area contributed by atoms with Gasteiger partial charge in [-0.1, -0.05) is 12.1 Å². The SMILES string of the molecule is CCOc1ccccc1N(CC(=O)NCc1ccncc1)S(=O)(=O)c1ccc(SC)cc1. The van der Waals surface area contributed by atoms with Crippen LogP contribution < -0.4 is 14.4 Å². The van der Waals surface area contributed by atoms with Crippen molar-refractivity contribution in [3.8, 4) is 5.75 Å². The van der Waals surface area contributed by atoms with E-state index in [0.717, 1.165) is 14.8 Å². The topological polar surface area (TPSA) is 88.6 Å². The van der Waals surface area contributed by atoms with Gasteiger partial charge in [-0.25, -0.2) is 8.42 Å². The Morgan fingerprint density at radius 2 is 1.75 bits per heavy atom. The number of para-hydroxylation sites is 2. The molecule has 7 nitrogen and oxygen atoms in total. The number of amides is 1. The summed E-state index contributed by atoms with van der Waals surface area (Å²) in [6, 6.07) is 16.9. The monoisotopic (exact) mass is 471 g/mol. The first-order chi connectivity index (χ1) is 15.5. The maximum atomic E-state index is 13.6. The fourth-order valence-corrected chi connectivity index (χ4v) is 4.84. The molecule has 32 heavy (non-hydrogen) atoms. The molecule has 0 aliphatic carbocycles. The van der Waals surface area contributed by atoms with E-state index in [-0.39, 0.29) is 18.0 Å². The van der Waals surface area contributed by atoms with Crippen molar-refractivity contribution in [2.75, 3.05) is 23.7 Å². The van der Waals surface area contributed by atoms with Crippen LogP contribution in [0.4, 0.5) is 5.69 Å². The van der Waals surface area contributed by atoms with Crippen molar-refractivity contribution >= 4 is 33.4 Å². The lowest BCUT2D eigenvalue weighted by atomic mass is 10.2. The number of thioether (sulfide) groups is 1. The molecule has 1 amide bonds. The lowest BCUT2D eigenvalue weighted by Gasteiger charge is -2.26. The van der Waals surface area contributed by atoms with Crippen LogP contribution >= 0.6 is 11.8 Å². The molecule has 0 saturated heterocycles. The van der Waals surface area contributed by atoms with Crippen LogP contribution in [0.1, 0.15) is 12.5 Å². The number of nitrogens with one attached hydrogen (secondary N) is 1. The smallest absolute Gasteiger partial charge is 0.264 e. The molecule has 0 atom stereocenters. The third-order valence-electron chi connectivity index (χ3n) is 4.61. The van der Waals surface area contributed by atoms with Gasteiger partial charge in [0, 0.05) is 23.8 Å². The van der Waals surface area contributed by atoms with Crippen molar-refractivity contribution in [2.45, 2.75) is 23.3 Å². The number of nitrogens with zero attached hydrogens (tertiary/aromatic N) is 2. The van der Waals surface area contributed by atoms with Crippen LogP contribution in [-0.4, -0.2) is 38.7 Å². The van der Waals surface area contributed by atoms with Crippen molar-refractivity contribution in [1.82, 2.24) is 10.3 Å². The Labute approximate surface area is 192 Å². The molecule has 0 unspecified atom stereocenters. The van der Waals surface area contributed by atoms with E-state index in [1.54, 1.807) is 73.1 Å². The van der Waals surface area contributed by atoms with Crippen LogP contribution in [0.2, 0.25) is 0 Å². The lowest BCUT2D eigenvalue weighted by molar-refractivity contribution is -0.119. The highest BCUT2D eigenvalue weighted by Crippen LogP contribution is 2.32. The number of rotatable bonds is 10. The number of sulfonamides is 1. The summed E-state index contributed by atoms with van der Waals surface area (Å²) in [5.41, 5.74) is 1.17. The zero-order valence-electron chi connectivity index (χ0n) is 17.9. The van der Waals surface area contributed by atoms with Gasteiger partial charge in [-0.3, -0.25) is 14.1 Å². The largest absolute Gasteiger partial charge is 0.492 e. The molecule has 0 aliphatic rings. The highest BCUT2D eigenvalue weighted by Gasteiger charge is 2.29. The second-order valence-corrected chi connectivity index (χ2v) is 9.46. The molecule has 3 aromatic rings. The van der Waals surface area contributed by atoms with E-state index in [2.05, 4.69) is 10.3 Å². The van der Waals surface area contributed by atoms with Crippen molar-refractivity contribution in [3.63, 3.8) is 0 Å². The first-order valence-corrected chi connectivity index (χ1v) is 12.7. The van der Waals surface area contributed by atoms with E-state index in [0.29, 0.717) is 18.0 Å². The summed E-state index contributed by atoms with van der Waals surface area (Å²) in [5, 5.41) is 2.78. The average Bonchev–Trinajstić information content (AvgIpc) is 2.82. The highest BCUT2D eigenvalue weighted by atomic mass is 32.2. The second kappa shape index (κ2) is 11.0. The maximum Gasteiger partial charge on any atom is 0.264 e. The minimum Gasteiger partial charge on any atom is -0.492 e. The number of carbonyl (C=O) groups excluding carboxylic acids is 1. The molecule has 2 aromatic carbocycles. The van der Waals surface area contributed by atoms with Gasteiger partial charge in [0.2, 0.25) is 5.91 Å². The molecular weight excluding hydrogens is 446 g/mol. The number of carbonyl (C=O) groups is 1. The van der Waals surface area contributed by atoms with Gasteiger partial charge >= 0.3 is 0 Å². The molecule has 168 valence electrons. The van der Waals surface area contributed by atoms with E-state index >= 15 is 0 Å². The Hall–Kier alpha value is -3.04. The molecule has 3 rings (SSSR count). The standard InChI is InChI=1S/C23H25N3O4S2/c1-3-30-22-7-5-4-6-21(22)26(17-23(27)25-16-18-12-14-24-15-13-18)32(28,29)20-10-8-19(31-2)9-11-20/h4-15H,3,16-17H2,1-2H3,(H,25,27). The summed E-state index contributed by atoms with van der Waals surface area (Å²) in [5.74, 6) is -0.0429. The Morgan fingerprint density at radius 1 is 1.06 bits per heavy atom. The molecule has 0 spiro atoms. The Balaban J connectivity index is 1.93. The molecule has 1 heterocycles. The van der Waals surface area contributed by atoms with Crippen LogP contribution in [0.5, 0.6) is 5.75 Å². The van der Waals surface area contributed by atoms with Crippen LogP contribution in [-0.2, 0) is 21.4 Å².